The first-order valence-electron chi connectivity index (χ1n) is 19.4. The summed E-state index contributed by atoms with van der Waals surface area (Å²) in [7, 11) is 0. The van der Waals surface area contributed by atoms with E-state index in [1.165, 1.54) is 38.5 Å². The highest BCUT2D eigenvalue weighted by Gasteiger charge is 2.21. The van der Waals surface area contributed by atoms with Gasteiger partial charge in [-0.25, -0.2) is 0 Å². The van der Waals surface area contributed by atoms with Gasteiger partial charge in [-0.15, -0.1) is 0 Å². The van der Waals surface area contributed by atoms with Crippen molar-refractivity contribution >= 4 is 60.8 Å². The van der Waals surface area contributed by atoms with Gasteiger partial charge in [0.2, 0.25) is 0 Å². The van der Waals surface area contributed by atoms with Crippen molar-refractivity contribution in [1.29, 1.82) is 0 Å². The number of fused-ring (bicyclic) bond motifs is 6. The predicted octanol–water partition coefficient (Wildman–Crippen LogP) is 15.2. The molecule has 3 heteroatoms. The summed E-state index contributed by atoms with van der Waals surface area (Å²) < 4.78 is 8.63. The molecule has 268 valence electrons. The number of para-hydroxylation sites is 4. The van der Waals surface area contributed by atoms with E-state index in [0.717, 1.165) is 61.3 Å². The molecule has 11 rings (SSSR count). The van der Waals surface area contributed by atoms with Crippen LogP contribution < -0.4 is 4.90 Å². The molecule has 0 bridgehead atoms. The predicted molar refractivity (Wildman–Crippen MR) is 239 cm³/mol. The summed E-state index contributed by atoms with van der Waals surface area (Å²) in [4.78, 5) is 2.41. The molecule has 0 amide bonds. The number of hydrogen-bond donors (Lipinski definition) is 0. The Morgan fingerprint density at radius 2 is 0.895 bits per heavy atom. The molecular formula is C54H36N2O. The molecule has 0 N–H and O–H groups in total. The van der Waals surface area contributed by atoms with Crippen molar-refractivity contribution in [3.05, 3.63) is 218 Å². The van der Waals surface area contributed by atoms with Crippen LogP contribution in [0.4, 0.5) is 17.1 Å². The molecular weight excluding hydrogens is 693 g/mol. The first kappa shape index (κ1) is 32.8. The van der Waals surface area contributed by atoms with Crippen molar-refractivity contribution in [3.63, 3.8) is 0 Å². The Morgan fingerprint density at radius 3 is 1.68 bits per heavy atom. The van der Waals surface area contributed by atoms with E-state index in [2.05, 4.69) is 216 Å². The molecule has 0 aliphatic rings. The first-order valence-corrected chi connectivity index (χ1v) is 19.4. The molecule has 0 saturated heterocycles. The van der Waals surface area contributed by atoms with Crippen molar-refractivity contribution < 1.29 is 4.42 Å². The largest absolute Gasteiger partial charge is 0.456 e. The summed E-state index contributed by atoms with van der Waals surface area (Å²) in [5.74, 6) is 0. The van der Waals surface area contributed by atoms with Gasteiger partial charge in [0.15, 0.2) is 0 Å². The van der Waals surface area contributed by atoms with Gasteiger partial charge in [0, 0.05) is 44.2 Å². The molecule has 9 aromatic carbocycles. The number of nitrogens with zero attached hydrogens (tertiary/aromatic N) is 2. The number of anilines is 3. The maximum Gasteiger partial charge on any atom is 0.135 e. The molecule has 0 radical (unpaired) electrons. The Bertz CT molecular complexity index is 3230. The fraction of sp³-hybridized carbons (Fsp3) is 0. The third kappa shape index (κ3) is 5.60. The zero-order valence-corrected chi connectivity index (χ0v) is 31.1. The Morgan fingerprint density at radius 1 is 0.333 bits per heavy atom. The number of rotatable bonds is 7. The summed E-state index contributed by atoms with van der Waals surface area (Å²) in [6, 6.07) is 78.2. The minimum atomic E-state index is 0.889. The van der Waals surface area contributed by atoms with Crippen molar-refractivity contribution in [2.75, 3.05) is 4.90 Å². The standard InChI is InChI=1S/C54H36N2O/c1-3-15-37(16-4-1)43-19-7-8-20-44(43)38-27-30-41(31-28-38)55(42-32-33-47-46-22-10-13-25-51(46)56(52(47)36-42)40-17-5-2-6-18-40)50-24-12-9-21-45(50)39-29-34-54-49(35-39)48-23-11-14-26-53(48)57-54/h1-36H. The summed E-state index contributed by atoms with van der Waals surface area (Å²) in [6.45, 7) is 0. The third-order valence-corrected chi connectivity index (χ3v) is 11.2. The molecule has 2 heterocycles. The molecule has 0 saturated carbocycles. The van der Waals surface area contributed by atoms with E-state index >= 15 is 0 Å². The van der Waals surface area contributed by atoms with Crippen LogP contribution in [0.2, 0.25) is 0 Å². The fourth-order valence-corrected chi connectivity index (χ4v) is 8.58. The quantitative estimate of drug-likeness (QED) is 0.163. The lowest BCUT2D eigenvalue weighted by Crippen LogP contribution is -2.11. The van der Waals surface area contributed by atoms with Crippen LogP contribution in [0.25, 0.3) is 82.8 Å². The summed E-state index contributed by atoms with van der Waals surface area (Å²) in [5, 5.41) is 4.68. The molecule has 0 spiro atoms. The van der Waals surface area contributed by atoms with Gasteiger partial charge in [-0.05, 0) is 94.5 Å². The van der Waals surface area contributed by atoms with E-state index in [-0.39, 0.29) is 0 Å². The third-order valence-electron chi connectivity index (χ3n) is 11.2. The van der Waals surface area contributed by atoms with E-state index in [1.807, 2.05) is 12.1 Å². The minimum Gasteiger partial charge on any atom is -0.456 e. The van der Waals surface area contributed by atoms with Gasteiger partial charge in [-0.2, -0.15) is 0 Å². The van der Waals surface area contributed by atoms with Crippen LogP contribution in [0, 0.1) is 0 Å². The van der Waals surface area contributed by atoms with Crippen LogP contribution in [-0.2, 0) is 0 Å². The Hall–Kier alpha value is -7.62. The summed E-state index contributed by atoms with van der Waals surface area (Å²) in [6.07, 6.45) is 0. The monoisotopic (exact) mass is 728 g/mol. The zero-order chi connectivity index (χ0) is 37.7. The smallest absolute Gasteiger partial charge is 0.135 e. The minimum absolute atomic E-state index is 0.889. The highest BCUT2D eigenvalue weighted by atomic mass is 16.3. The Labute approximate surface area is 330 Å². The van der Waals surface area contributed by atoms with Crippen molar-refractivity contribution in [2.45, 2.75) is 0 Å². The zero-order valence-electron chi connectivity index (χ0n) is 31.1. The molecule has 0 aliphatic carbocycles. The molecule has 0 atom stereocenters. The summed E-state index contributed by atoms with van der Waals surface area (Å²) >= 11 is 0. The normalized spacial score (nSPS) is 11.5. The highest BCUT2D eigenvalue weighted by Crippen LogP contribution is 2.45. The Kier molecular flexibility index (Phi) is 7.82. The summed E-state index contributed by atoms with van der Waals surface area (Å²) in [5.41, 5.74) is 15.5. The Balaban J connectivity index is 1.12. The molecule has 0 unspecified atom stereocenters. The number of aromatic nitrogens is 1. The number of furan rings is 1. The second-order valence-corrected chi connectivity index (χ2v) is 14.5. The van der Waals surface area contributed by atoms with E-state index in [9.17, 15) is 0 Å². The van der Waals surface area contributed by atoms with Gasteiger partial charge in [-0.1, -0.05) is 152 Å². The van der Waals surface area contributed by atoms with E-state index in [1.54, 1.807) is 0 Å². The van der Waals surface area contributed by atoms with Crippen LogP contribution in [0.5, 0.6) is 0 Å². The van der Waals surface area contributed by atoms with Crippen LogP contribution in [-0.4, -0.2) is 4.57 Å². The van der Waals surface area contributed by atoms with Gasteiger partial charge < -0.3 is 13.9 Å². The van der Waals surface area contributed by atoms with Crippen LogP contribution >= 0.6 is 0 Å². The van der Waals surface area contributed by atoms with Gasteiger partial charge in [0.05, 0.1) is 16.7 Å². The maximum atomic E-state index is 6.24. The molecule has 57 heavy (non-hydrogen) atoms. The van der Waals surface area contributed by atoms with Crippen LogP contribution in [0.3, 0.4) is 0 Å². The average molecular weight is 729 g/mol. The lowest BCUT2D eigenvalue weighted by molar-refractivity contribution is 0.669. The fourth-order valence-electron chi connectivity index (χ4n) is 8.58. The van der Waals surface area contributed by atoms with Gasteiger partial charge in [0.25, 0.3) is 0 Å². The van der Waals surface area contributed by atoms with E-state index < -0.39 is 0 Å². The van der Waals surface area contributed by atoms with Gasteiger partial charge in [0.1, 0.15) is 11.2 Å². The lowest BCUT2D eigenvalue weighted by atomic mass is 9.94. The van der Waals surface area contributed by atoms with Crippen LogP contribution in [0.1, 0.15) is 0 Å². The second kappa shape index (κ2) is 13.6. The lowest BCUT2D eigenvalue weighted by Gasteiger charge is -2.28. The van der Waals surface area contributed by atoms with Crippen LogP contribution in [0.15, 0.2) is 223 Å². The molecule has 2 aromatic heterocycles. The molecule has 0 fully saturated rings. The van der Waals surface area contributed by atoms with Crippen molar-refractivity contribution in [2.24, 2.45) is 0 Å². The van der Waals surface area contributed by atoms with Gasteiger partial charge >= 0.3 is 0 Å². The molecule has 3 nitrogen and oxygen atoms in total. The first-order chi connectivity index (χ1) is 28.3. The SMILES string of the molecule is c1ccc(-c2ccccc2-c2ccc(N(c3ccc4c5ccccc5n(-c5ccccc5)c4c3)c3ccccc3-c3ccc4oc5ccccc5c4c3)cc2)cc1. The highest BCUT2D eigenvalue weighted by molar-refractivity contribution is 6.11. The van der Waals surface area contributed by atoms with Crippen molar-refractivity contribution in [3.8, 4) is 39.1 Å². The topological polar surface area (TPSA) is 21.3 Å². The molecule has 0 aliphatic heterocycles. The molecule has 11 aromatic rings. The average Bonchev–Trinajstić information content (AvgIpc) is 3.83. The number of hydrogen-bond acceptors (Lipinski definition) is 2. The van der Waals surface area contributed by atoms with E-state index in [0.29, 0.717) is 0 Å². The second-order valence-electron chi connectivity index (χ2n) is 14.5. The number of benzene rings is 9. The van der Waals surface area contributed by atoms with E-state index in [4.69, 9.17) is 4.42 Å². The maximum absolute atomic E-state index is 6.24. The van der Waals surface area contributed by atoms with Crippen molar-refractivity contribution in [1.82, 2.24) is 4.57 Å². The van der Waals surface area contributed by atoms with Gasteiger partial charge in [-0.3, -0.25) is 0 Å².